The highest BCUT2D eigenvalue weighted by Crippen LogP contribution is 2.37. The molecule has 0 aliphatic rings. The van der Waals surface area contributed by atoms with Crippen LogP contribution in [0, 0.1) is 0 Å². The minimum atomic E-state index is -0.330. The van der Waals surface area contributed by atoms with Crippen molar-refractivity contribution >= 4 is 23.2 Å². The second-order valence-electron chi connectivity index (χ2n) is 6.29. The summed E-state index contributed by atoms with van der Waals surface area (Å²) in [6.07, 6.45) is 0. The third-order valence-corrected chi connectivity index (χ3v) is 4.83. The molecule has 0 aliphatic carbocycles. The molecule has 0 bridgehead atoms. The number of carbonyl (C=O) groups is 1. The van der Waals surface area contributed by atoms with Gasteiger partial charge in [0.25, 0.3) is 5.91 Å². The van der Waals surface area contributed by atoms with Crippen LogP contribution < -0.4 is 24.3 Å². The number of halogens is 1. The molecular formula is C23H22ClNO5. The van der Waals surface area contributed by atoms with Gasteiger partial charge in [0.2, 0.25) is 0 Å². The van der Waals surface area contributed by atoms with E-state index in [1.54, 1.807) is 32.4 Å². The highest BCUT2D eigenvalue weighted by molar-refractivity contribution is 6.32. The number of hydrogen-bond donors (Lipinski definition) is 1. The number of rotatable bonds is 7. The van der Waals surface area contributed by atoms with Gasteiger partial charge in [-0.05, 0) is 48.0 Å². The zero-order valence-electron chi connectivity index (χ0n) is 17.1. The van der Waals surface area contributed by atoms with Gasteiger partial charge in [0.05, 0.1) is 33.5 Å². The van der Waals surface area contributed by atoms with E-state index < -0.39 is 0 Å². The van der Waals surface area contributed by atoms with Crippen molar-refractivity contribution in [3.8, 4) is 34.1 Å². The van der Waals surface area contributed by atoms with Crippen LogP contribution in [0.5, 0.6) is 23.0 Å². The molecule has 0 heterocycles. The lowest BCUT2D eigenvalue weighted by Gasteiger charge is -2.14. The highest BCUT2D eigenvalue weighted by Gasteiger charge is 2.16. The molecule has 3 rings (SSSR count). The van der Waals surface area contributed by atoms with Crippen molar-refractivity contribution in [3.63, 3.8) is 0 Å². The van der Waals surface area contributed by atoms with E-state index in [9.17, 15) is 4.79 Å². The van der Waals surface area contributed by atoms with Crippen LogP contribution >= 0.6 is 11.6 Å². The van der Waals surface area contributed by atoms with Crippen LogP contribution in [-0.2, 0) is 0 Å². The molecule has 156 valence electrons. The third kappa shape index (κ3) is 4.44. The number of hydrogen-bond acceptors (Lipinski definition) is 5. The first-order valence-corrected chi connectivity index (χ1v) is 9.43. The summed E-state index contributed by atoms with van der Waals surface area (Å²) in [4.78, 5) is 12.8. The van der Waals surface area contributed by atoms with E-state index in [1.807, 2.05) is 30.3 Å². The third-order valence-electron chi connectivity index (χ3n) is 4.55. The summed E-state index contributed by atoms with van der Waals surface area (Å²) in [7, 11) is 6.19. The molecular weight excluding hydrogens is 406 g/mol. The fourth-order valence-electron chi connectivity index (χ4n) is 3.03. The van der Waals surface area contributed by atoms with Gasteiger partial charge in [0.1, 0.15) is 11.5 Å². The normalized spacial score (nSPS) is 10.3. The van der Waals surface area contributed by atoms with Crippen LogP contribution in [0.4, 0.5) is 5.69 Å². The van der Waals surface area contributed by atoms with Gasteiger partial charge < -0.3 is 24.3 Å². The Hall–Kier alpha value is -3.38. The van der Waals surface area contributed by atoms with E-state index in [0.29, 0.717) is 28.5 Å². The van der Waals surface area contributed by atoms with Crippen molar-refractivity contribution in [3.05, 3.63) is 65.2 Å². The molecule has 3 aromatic carbocycles. The second kappa shape index (κ2) is 9.41. The maximum Gasteiger partial charge on any atom is 0.255 e. The van der Waals surface area contributed by atoms with Gasteiger partial charge in [-0.1, -0.05) is 23.7 Å². The number of methoxy groups -OCH3 is 4. The Morgan fingerprint density at radius 1 is 0.800 bits per heavy atom. The number of nitrogens with one attached hydrogen (secondary N) is 1. The van der Waals surface area contributed by atoms with Crippen LogP contribution in [0.3, 0.4) is 0 Å². The minimum Gasteiger partial charge on any atom is -0.497 e. The monoisotopic (exact) mass is 427 g/mol. The lowest BCUT2D eigenvalue weighted by Crippen LogP contribution is -2.12. The molecule has 0 unspecified atom stereocenters. The Morgan fingerprint density at radius 3 is 2.10 bits per heavy atom. The van der Waals surface area contributed by atoms with Crippen molar-refractivity contribution in [2.24, 2.45) is 0 Å². The molecule has 0 spiro atoms. The molecule has 3 aromatic rings. The SMILES string of the molecule is COc1ccc(-c2cc(NC(=O)c3cc(Cl)c(OC)c(OC)c3)ccc2OC)cc1. The Morgan fingerprint density at radius 2 is 1.50 bits per heavy atom. The molecule has 0 fully saturated rings. The van der Waals surface area contributed by atoms with E-state index >= 15 is 0 Å². The van der Waals surface area contributed by atoms with Gasteiger partial charge >= 0.3 is 0 Å². The summed E-state index contributed by atoms with van der Waals surface area (Å²) in [6, 6.07) is 16.1. The Balaban J connectivity index is 1.91. The average molecular weight is 428 g/mol. The van der Waals surface area contributed by atoms with Crippen LogP contribution in [-0.4, -0.2) is 34.3 Å². The molecule has 6 nitrogen and oxygen atoms in total. The predicted molar refractivity (Wildman–Crippen MR) is 117 cm³/mol. The molecule has 0 aromatic heterocycles. The van der Waals surface area contributed by atoms with E-state index in [4.69, 9.17) is 30.5 Å². The Kier molecular flexibility index (Phi) is 6.69. The first-order valence-electron chi connectivity index (χ1n) is 9.06. The summed E-state index contributed by atoms with van der Waals surface area (Å²) in [5.74, 6) is 1.87. The topological polar surface area (TPSA) is 66.0 Å². The van der Waals surface area contributed by atoms with E-state index in [0.717, 1.165) is 16.9 Å². The molecule has 7 heteroatoms. The standard InChI is InChI=1S/C23H22ClNO5/c1-27-17-8-5-14(6-9-17)18-13-16(7-10-20(18)28-2)25-23(26)15-11-19(24)22(30-4)21(12-15)29-3/h5-13H,1-4H3,(H,25,26). The van der Waals surface area contributed by atoms with Crippen molar-refractivity contribution < 1.29 is 23.7 Å². The van der Waals surface area contributed by atoms with Crippen molar-refractivity contribution in [1.82, 2.24) is 0 Å². The Bertz CT molecular complexity index is 1050. The number of anilines is 1. The molecule has 0 atom stereocenters. The van der Waals surface area contributed by atoms with Gasteiger partial charge in [-0.2, -0.15) is 0 Å². The first-order chi connectivity index (χ1) is 14.5. The summed E-state index contributed by atoms with van der Waals surface area (Å²) < 4.78 is 21.2. The zero-order chi connectivity index (χ0) is 21.7. The summed E-state index contributed by atoms with van der Waals surface area (Å²) >= 11 is 6.22. The second-order valence-corrected chi connectivity index (χ2v) is 6.70. The minimum absolute atomic E-state index is 0.288. The Labute approximate surface area is 180 Å². The maximum atomic E-state index is 12.8. The number of benzene rings is 3. The fourth-order valence-corrected chi connectivity index (χ4v) is 3.32. The fraction of sp³-hybridized carbons (Fsp3) is 0.174. The van der Waals surface area contributed by atoms with Crippen molar-refractivity contribution in [2.45, 2.75) is 0 Å². The van der Waals surface area contributed by atoms with Gasteiger partial charge in [0.15, 0.2) is 11.5 Å². The molecule has 30 heavy (non-hydrogen) atoms. The van der Waals surface area contributed by atoms with Crippen molar-refractivity contribution in [1.29, 1.82) is 0 Å². The molecule has 1 N–H and O–H groups in total. The van der Waals surface area contributed by atoms with Crippen LogP contribution in [0.25, 0.3) is 11.1 Å². The molecule has 0 saturated carbocycles. The van der Waals surface area contributed by atoms with Gasteiger partial charge in [-0.15, -0.1) is 0 Å². The summed E-state index contributed by atoms with van der Waals surface area (Å²) in [6.45, 7) is 0. The average Bonchev–Trinajstić information content (AvgIpc) is 2.78. The molecule has 0 saturated heterocycles. The largest absolute Gasteiger partial charge is 0.497 e. The van der Waals surface area contributed by atoms with Gasteiger partial charge in [-0.25, -0.2) is 0 Å². The van der Waals surface area contributed by atoms with Crippen LogP contribution in [0.15, 0.2) is 54.6 Å². The summed E-state index contributed by atoms with van der Waals surface area (Å²) in [5.41, 5.74) is 2.72. The maximum absolute atomic E-state index is 12.8. The lowest BCUT2D eigenvalue weighted by molar-refractivity contribution is 0.102. The molecule has 0 aliphatic heterocycles. The van der Waals surface area contributed by atoms with Crippen molar-refractivity contribution in [2.75, 3.05) is 33.8 Å². The molecule has 1 amide bonds. The van der Waals surface area contributed by atoms with Crippen LogP contribution in [0.2, 0.25) is 5.02 Å². The smallest absolute Gasteiger partial charge is 0.255 e. The van der Waals surface area contributed by atoms with E-state index in [2.05, 4.69) is 5.32 Å². The number of ether oxygens (including phenoxy) is 4. The summed E-state index contributed by atoms with van der Waals surface area (Å²) in [5, 5.41) is 3.17. The first kappa shape index (κ1) is 21.3. The quantitative estimate of drug-likeness (QED) is 0.554. The zero-order valence-corrected chi connectivity index (χ0v) is 17.9. The van der Waals surface area contributed by atoms with E-state index in [1.165, 1.54) is 20.3 Å². The van der Waals surface area contributed by atoms with Gasteiger partial charge in [0, 0.05) is 16.8 Å². The lowest BCUT2D eigenvalue weighted by atomic mass is 10.0. The molecule has 0 radical (unpaired) electrons. The number of amides is 1. The number of carbonyl (C=O) groups excluding carboxylic acids is 1. The van der Waals surface area contributed by atoms with Gasteiger partial charge in [-0.3, -0.25) is 4.79 Å². The predicted octanol–water partition coefficient (Wildman–Crippen LogP) is 5.29. The van der Waals surface area contributed by atoms with E-state index in [-0.39, 0.29) is 10.9 Å². The van der Waals surface area contributed by atoms with Crippen LogP contribution in [0.1, 0.15) is 10.4 Å². The highest BCUT2D eigenvalue weighted by atomic mass is 35.5.